The van der Waals surface area contributed by atoms with Crippen molar-refractivity contribution < 1.29 is 19.5 Å². The van der Waals surface area contributed by atoms with Gasteiger partial charge in [0.25, 0.3) is 0 Å². The van der Waals surface area contributed by atoms with Crippen molar-refractivity contribution in [2.45, 2.75) is 0 Å². The summed E-state index contributed by atoms with van der Waals surface area (Å²) >= 11 is 0. The number of benzene rings is 1. The molecule has 0 aliphatic rings. The van der Waals surface area contributed by atoms with Gasteiger partial charge in [0, 0.05) is 0 Å². The Morgan fingerprint density at radius 2 is 1.77 bits per heavy atom. The summed E-state index contributed by atoms with van der Waals surface area (Å²) in [7, 11) is 0. The predicted octanol–water partition coefficient (Wildman–Crippen LogP) is 0.415. The molecule has 0 heterocycles. The van der Waals surface area contributed by atoms with Gasteiger partial charge in [-0.25, -0.2) is 9.59 Å². The molecule has 1 aromatic carbocycles. The van der Waals surface area contributed by atoms with E-state index < -0.39 is 11.9 Å². The minimum absolute atomic E-state index is 0.0579. The molecule has 0 spiro atoms. The summed E-state index contributed by atoms with van der Waals surface area (Å²) in [4.78, 5) is 25.4. The number of aromatic carboxylic acids is 1. The highest BCUT2D eigenvalue weighted by Crippen LogP contribution is 2.09. The second kappa shape index (κ2) is 3.68. The van der Waals surface area contributed by atoms with Crippen molar-refractivity contribution in [3.63, 3.8) is 0 Å². The van der Waals surface area contributed by atoms with Gasteiger partial charge in [0.05, 0.1) is 11.1 Å². The first-order valence-electron chi connectivity index (χ1n) is 3.40. The SMILES string of the molecule is NOC(=O)c1ccccc1C(=O)O. The Hall–Kier alpha value is -1.88. The van der Waals surface area contributed by atoms with Gasteiger partial charge in [-0.3, -0.25) is 0 Å². The number of hydrogen-bond donors (Lipinski definition) is 2. The number of carboxylic acids is 1. The molecule has 0 aromatic heterocycles. The van der Waals surface area contributed by atoms with Gasteiger partial charge < -0.3 is 9.94 Å². The molecule has 1 aromatic rings. The lowest BCUT2D eigenvalue weighted by Crippen LogP contribution is -2.14. The number of rotatable bonds is 2. The van der Waals surface area contributed by atoms with Crippen LogP contribution in [0, 0.1) is 0 Å². The maximum absolute atomic E-state index is 10.9. The van der Waals surface area contributed by atoms with Crippen LogP contribution in [0.15, 0.2) is 24.3 Å². The molecule has 0 bridgehead atoms. The molecule has 1 rings (SSSR count). The van der Waals surface area contributed by atoms with E-state index in [9.17, 15) is 9.59 Å². The standard InChI is InChI=1S/C8H7NO4/c9-13-8(12)6-4-2-1-3-5(6)7(10)11/h1-4H,9H2,(H,10,11). The van der Waals surface area contributed by atoms with Crippen molar-refractivity contribution >= 4 is 11.9 Å². The van der Waals surface area contributed by atoms with Crippen LogP contribution in [0.25, 0.3) is 0 Å². The van der Waals surface area contributed by atoms with Crippen LogP contribution >= 0.6 is 0 Å². The third-order valence-corrected chi connectivity index (χ3v) is 1.48. The molecule has 68 valence electrons. The van der Waals surface area contributed by atoms with E-state index in [0.29, 0.717) is 0 Å². The summed E-state index contributed by atoms with van der Waals surface area (Å²) in [5, 5.41) is 8.66. The van der Waals surface area contributed by atoms with E-state index in [2.05, 4.69) is 10.7 Å². The predicted molar refractivity (Wildman–Crippen MR) is 43.0 cm³/mol. The maximum Gasteiger partial charge on any atom is 0.357 e. The molecule has 5 heteroatoms. The molecule has 13 heavy (non-hydrogen) atoms. The van der Waals surface area contributed by atoms with E-state index in [4.69, 9.17) is 5.11 Å². The first kappa shape index (κ1) is 9.21. The lowest BCUT2D eigenvalue weighted by Gasteiger charge is -2.01. The Bertz CT molecular complexity index is 348. The van der Waals surface area contributed by atoms with Crippen molar-refractivity contribution in [2.75, 3.05) is 0 Å². The fourth-order valence-corrected chi connectivity index (χ4v) is 0.911. The monoisotopic (exact) mass is 181 g/mol. The largest absolute Gasteiger partial charge is 0.478 e. The van der Waals surface area contributed by atoms with Crippen LogP contribution in [-0.2, 0) is 4.84 Å². The Balaban J connectivity index is 3.19. The van der Waals surface area contributed by atoms with Crippen LogP contribution in [0.5, 0.6) is 0 Å². The molecule has 0 aliphatic carbocycles. The highest BCUT2D eigenvalue weighted by Gasteiger charge is 2.15. The molecule has 0 saturated heterocycles. The van der Waals surface area contributed by atoms with Crippen molar-refractivity contribution in [1.29, 1.82) is 0 Å². The molecule has 5 nitrogen and oxygen atoms in total. The van der Waals surface area contributed by atoms with E-state index >= 15 is 0 Å². The van der Waals surface area contributed by atoms with E-state index in [1.54, 1.807) is 0 Å². The first-order chi connectivity index (χ1) is 6.16. The van der Waals surface area contributed by atoms with Crippen molar-refractivity contribution in [3.05, 3.63) is 35.4 Å². The van der Waals surface area contributed by atoms with E-state index in [-0.39, 0.29) is 11.1 Å². The molecule has 0 radical (unpaired) electrons. The minimum Gasteiger partial charge on any atom is -0.478 e. The number of carbonyl (C=O) groups excluding carboxylic acids is 1. The van der Waals surface area contributed by atoms with Crippen LogP contribution < -0.4 is 5.90 Å². The second-order valence-corrected chi connectivity index (χ2v) is 2.26. The van der Waals surface area contributed by atoms with Crippen LogP contribution in [0.3, 0.4) is 0 Å². The summed E-state index contributed by atoms with van der Waals surface area (Å²) in [6.07, 6.45) is 0. The molecule has 3 N–H and O–H groups in total. The van der Waals surface area contributed by atoms with Gasteiger partial charge in [-0.15, -0.1) is 0 Å². The molecule has 0 saturated carbocycles. The summed E-state index contributed by atoms with van der Waals surface area (Å²) in [6, 6.07) is 5.67. The normalized spacial score (nSPS) is 9.31. The minimum atomic E-state index is -1.19. The molecular weight excluding hydrogens is 174 g/mol. The van der Waals surface area contributed by atoms with Gasteiger partial charge in [0.2, 0.25) is 0 Å². The van der Waals surface area contributed by atoms with Crippen molar-refractivity contribution in [2.24, 2.45) is 5.90 Å². The fourth-order valence-electron chi connectivity index (χ4n) is 0.911. The first-order valence-corrected chi connectivity index (χ1v) is 3.40. The molecule has 0 aliphatic heterocycles. The quantitative estimate of drug-likeness (QED) is 0.645. The van der Waals surface area contributed by atoms with Crippen LogP contribution in [-0.4, -0.2) is 17.0 Å². The van der Waals surface area contributed by atoms with Crippen molar-refractivity contribution in [1.82, 2.24) is 0 Å². The molecule has 0 unspecified atom stereocenters. The topological polar surface area (TPSA) is 89.6 Å². The van der Waals surface area contributed by atoms with E-state index in [0.717, 1.165) is 0 Å². The summed E-state index contributed by atoms with van der Waals surface area (Å²) < 4.78 is 0. The van der Waals surface area contributed by atoms with E-state index in [1.165, 1.54) is 24.3 Å². The number of hydrogen-bond acceptors (Lipinski definition) is 4. The number of carboxylic acid groups (broad SMARTS) is 1. The van der Waals surface area contributed by atoms with Crippen LogP contribution in [0.2, 0.25) is 0 Å². The zero-order chi connectivity index (χ0) is 9.84. The van der Waals surface area contributed by atoms with Crippen LogP contribution in [0.4, 0.5) is 0 Å². The van der Waals surface area contributed by atoms with Gasteiger partial charge >= 0.3 is 11.9 Å². The third kappa shape index (κ3) is 1.83. The van der Waals surface area contributed by atoms with Gasteiger partial charge in [0.15, 0.2) is 0 Å². The lowest BCUT2D eigenvalue weighted by molar-refractivity contribution is 0.0493. The maximum atomic E-state index is 10.9. The van der Waals surface area contributed by atoms with Gasteiger partial charge in [-0.2, -0.15) is 5.90 Å². The summed E-state index contributed by atoms with van der Waals surface area (Å²) in [5.41, 5.74) is -0.185. The zero-order valence-electron chi connectivity index (χ0n) is 6.56. The molecular formula is C8H7NO4. The Kier molecular flexibility index (Phi) is 2.61. The fraction of sp³-hybridized carbons (Fsp3) is 0. The van der Waals surface area contributed by atoms with Gasteiger partial charge in [-0.05, 0) is 12.1 Å². The van der Waals surface area contributed by atoms with E-state index in [1.807, 2.05) is 0 Å². The average Bonchev–Trinajstić information content (AvgIpc) is 2.16. The van der Waals surface area contributed by atoms with Gasteiger partial charge in [0.1, 0.15) is 0 Å². The summed E-state index contributed by atoms with van der Waals surface area (Å²) in [5.74, 6) is 2.57. The smallest absolute Gasteiger partial charge is 0.357 e. The molecule has 0 fully saturated rings. The van der Waals surface area contributed by atoms with Crippen molar-refractivity contribution in [3.8, 4) is 0 Å². The highest BCUT2D eigenvalue weighted by molar-refractivity contribution is 6.02. The number of nitrogens with two attached hydrogens (primary N) is 1. The second-order valence-electron chi connectivity index (χ2n) is 2.26. The lowest BCUT2D eigenvalue weighted by atomic mass is 10.1. The number of carbonyl (C=O) groups is 2. The zero-order valence-corrected chi connectivity index (χ0v) is 6.56. The van der Waals surface area contributed by atoms with Crippen LogP contribution in [0.1, 0.15) is 20.7 Å². The molecule has 0 atom stereocenters. The Morgan fingerprint density at radius 1 is 1.23 bits per heavy atom. The Labute approximate surface area is 73.7 Å². The highest BCUT2D eigenvalue weighted by atomic mass is 16.7. The summed E-state index contributed by atoms with van der Waals surface area (Å²) in [6.45, 7) is 0. The average molecular weight is 181 g/mol. The van der Waals surface area contributed by atoms with Gasteiger partial charge in [-0.1, -0.05) is 12.1 Å². The third-order valence-electron chi connectivity index (χ3n) is 1.48. The molecule has 0 amide bonds. The Morgan fingerprint density at radius 3 is 2.23 bits per heavy atom.